The van der Waals surface area contributed by atoms with Crippen LogP contribution in [0.15, 0.2) is 27.7 Å². The van der Waals surface area contributed by atoms with Crippen LogP contribution in [0.2, 0.25) is 10.0 Å². The second kappa shape index (κ2) is 10.2. The molecule has 1 aromatic carbocycles. The Balaban J connectivity index is 0.00000312. The average Bonchev–Trinajstić information content (AvgIpc) is 2.96. The molecule has 3 N–H and O–H groups in total. The SMILES string of the molecule is CC(C)c1noc(CCN=C(N)NC(C)c2ccc(Cl)cc2Cl)n1.I. The van der Waals surface area contributed by atoms with Crippen LogP contribution in [0.25, 0.3) is 0 Å². The summed E-state index contributed by atoms with van der Waals surface area (Å²) in [7, 11) is 0. The van der Waals surface area contributed by atoms with Crippen LogP contribution in [-0.2, 0) is 6.42 Å². The minimum absolute atomic E-state index is 0. The summed E-state index contributed by atoms with van der Waals surface area (Å²) in [6.07, 6.45) is 0.540. The maximum absolute atomic E-state index is 6.19. The Morgan fingerprint density at radius 2 is 2.04 bits per heavy atom. The maximum atomic E-state index is 6.19. The molecule has 2 rings (SSSR count). The van der Waals surface area contributed by atoms with Gasteiger partial charge in [-0.3, -0.25) is 4.99 Å². The summed E-state index contributed by atoms with van der Waals surface area (Å²) >= 11 is 12.1. The number of nitrogens with one attached hydrogen (secondary N) is 1. The maximum Gasteiger partial charge on any atom is 0.228 e. The van der Waals surface area contributed by atoms with Gasteiger partial charge in [0.25, 0.3) is 0 Å². The summed E-state index contributed by atoms with van der Waals surface area (Å²) in [5.74, 6) is 1.83. The van der Waals surface area contributed by atoms with Gasteiger partial charge >= 0.3 is 0 Å². The van der Waals surface area contributed by atoms with Crippen LogP contribution in [0, 0.1) is 0 Å². The zero-order valence-corrected chi connectivity index (χ0v) is 18.1. The van der Waals surface area contributed by atoms with Crippen molar-refractivity contribution in [2.45, 2.75) is 39.2 Å². The lowest BCUT2D eigenvalue weighted by Gasteiger charge is -2.16. The van der Waals surface area contributed by atoms with E-state index in [1.165, 1.54) is 0 Å². The third kappa shape index (κ3) is 6.63. The number of hydrogen-bond acceptors (Lipinski definition) is 4. The van der Waals surface area contributed by atoms with Gasteiger partial charge in [-0.1, -0.05) is 48.3 Å². The second-order valence-corrected chi connectivity index (χ2v) is 6.59. The van der Waals surface area contributed by atoms with Crippen molar-refractivity contribution in [1.29, 1.82) is 0 Å². The normalized spacial score (nSPS) is 12.8. The van der Waals surface area contributed by atoms with Crippen molar-refractivity contribution in [2.75, 3.05) is 6.54 Å². The van der Waals surface area contributed by atoms with Crippen LogP contribution in [0.3, 0.4) is 0 Å². The molecule has 1 aromatic heterocycles. The molecule has 0 fully saturated rings. The fourth-order valence-electron chi connectivity index (χ4n) is 2.07. The molecule has 138 valence electrons. The molecule has 0 saturated heterocycles. The lowest BCUT2D eigenvalue weighted by Crippen LogP contribution is -2.34. The zero-order chi connectivity index (χ0) is 17.7. The van der Waals surface area contributed by atoms with Crippen LogP contribution in [-0.4, -0.2) is 22.6 Å². The number of halogens is 3. The summed E-state index contributed by atoms with van der Waals surface area (Å²) in [4.78, 5) is 8.57. The predicted octanol–water partition coefficient (Wildman–Crippen LogP) is 4.33. The smallest absolute Gasteiger partial charge is 0.228 e. The van der Waals surface area contributed by atoms with Gasteiger partial charge in [-0.15, -0.1) is 24.0 Å². The third-order valence-electron chi connectivity index (χ3n) is 3.40. The lowest BCUT2D eigenvalue weighted by molar-refractivity contribution is 0.372. The molecule has 0 saturated carbocycles. The van der Waals surface area contributed by atoms with Gasteiger partial charge < -0.3 is 15.6 Å². The van der Waals surface area contributed by atoms with Gasteiger partial charge in [-0.25, -0.2) is 0 Å². The molecule has 0 amide bonds. The van der Waals surface area contributed by atoms with Crippen molar-refractivity contribution in [3.8, 4) is 0 Å². The first-order valence-corrected chi connectivity index (χ1v) is 8.46. The number of guanidine groups is 1. The Morgan fingerprint density at radius 1 is 1.32 bits per heavy atom. The van der Waals surface area contributed by atoms with E-state index in [2.05, 4.69) is 20.4 Å². The summed E-state index contributed by atoms with van der Waals surface area (Å²) in [6, 6.07) is 5.26. The molecule has 2 aromatic rings. The molecular formula is C16H22Cl2IN5O. The quantitative estimate of drug-likeness (QED) is 0.352. The number of nitrogens with zero attached hydrogens (tertiary/aromatic N) is 3. The van der Waals surface area contributed by atoms with Crippen LogP contribution >= 0.6 is 47.2 Å². The van der Waals surface area contributed by atoms with Crippen molar-refractivity contribution < 1.29 is 4.52 Å². The van der Waals surface area contributed by atoms with Gasteiger partial charge in [0.05, 0.1) is 12.6 Å². The van der Waals surface area contributed by atoms with Gasteiger partial charge in [0.2, 0.25) is 5.89 Å². The molecule has 0 bridgehead atoms. The minimum atomic E-state index is -0.0885. The van der Waals surface area contributed by atoms with Crippen molar-refractivity contribution in [2.24, 2.45) is 10.7 Å². The number of nitrogens with two attached hydrogens (primary N) is 1. The summed E-state index contributed by atoms with van der Waals surface area (Å²) in [6.45, 7) is 6.43. The van der Waals surface area contributed by atoms with Crippen molar-refractivity contribution in [3.05, 3.63) is 45.5 Å². The van der Waals surface area contributed by atoms with Crippen LogP contribution in [0.4, 0.5) is 0 Å². The topological polar surface area (TPSA) is 89.3 Å². The molecule has 0 aliphatic carbocycles. The fourth-order valence-corrected chi connectivity index (χ4v) is 2.65. The highest BCUT2D eigenvalue weighted by atomic mass is 127. The average molecular weight is 498 g/mol. The molecule has 25 heavy (non-hydrogen) atoms. The zero-order valence-electron chi connectivity index (χ0n) is 14.3. The standard InChI is InChI=1S/C16H21Cl2N5O.HI/c1-9(2)15-22-14(24-23-15)6-7-20-16(19)21-10(3)12-5-4-11(17)8-13(12)18;/h4-5,8-10H,6-7H2,1-3H3,(H3,19,20,21);1H. The van der Waals surface area contributed by atoms with Crippen molar-refractivity contribution in [1.82, 2.24) is 15.5 Å². The summed E-state index contributed by atoms with van der Waals surface area (Å²) in [5, 5.41) is 8.19. The van der Waals surface area contributed by atoms with Gasteiger partial charge in [-0.2, -0.15) is 4.98 Å². The monoisotopic (exact) mass is 497 g/mol. The third-order valence-corrected chi connectivity index (χ3v) is 3.96. The number of aliphatic imine (C=N–C) groups is 1. The summed E-state index contributed by atoms with van der Waals surface area (Å²) < 4.78 is 5.16. The molecular weight excluding hydrogens is 476 g/mol. The highest BCUT2D eigenvalue weighted by molar-refractivity contribution is 14.0. The Hall–Kier alpha value is -1.06. The van der Waals surface area contributed by atoms with Crippen molar-refractivity contribution in [3.63, 3.8) is 0 Å². The first kappa shape index (κ1) is 22.0. The van der Waals surface area contributed by atoms with Crippen LogP contribution < -0.4 is 11.1 Å². The first-order valence-electron chi connectivity index (χ1n) is 7.70. The number of rotatable bonds is 6. The van der Waals surface area contributed by atoms with Gasteiger partial charge in [0.1, 0.15) is 0 Å². The van der Waals surface area contributed by atoms with E-state index in [0.29, 0.717) is 40.7 Å². The minimum Gasteiger partial charge on any atom is -0.370 e. The predicted molar refractivity (Wildman–Crippen MR) is 112 cm³/mol. The Bertz CT molecular complexity index is 720. The van der Waals surface area contributed by atoms with E-state index in [9.17, 15) is 0 Å². The van der Waals surface area contributed by atoms with Gasteiger partial charge in [0, 0.05) is 22.4 Å². The van der Waals surface area contributed by atoms with Gasteiger partial charge in [-0.05, 0) is 24.6 Å². The van der Waals surface area contributed by atoms with E-state index in [1.807, 2.05) is 26.8 Å². The van der Waals surface area contributed by atoms with E-state index in [4.69, 9.17) is 33.5 Å². The Morgan fingerprint density at radius 3 is 2.64 bits per heavy atom. The van der Waals surface area contributed by atoms with Gasteiger partial charge in [0.15, 0.2) is 11.8 Å². The molecule has 0 spiro atoms. The number of aromatic nitrogens is 2. The fraction of sp³-hybridized carbons (Fsp3) is 0.438. The highest BCUT2D eigenvalue weighted by Crippen LogP contribution is 2.25. The Labute approximate surface area is 174 Å². The van der Waals surface area contributed by atoms with Crippen molar-refractivity contribution >= 4 is 53.1 Å². The van der Waals surface area contributed by atoms with E-state index in [0.717, 1.165) is 5.56 Å². The molecule has 1 unspecified atom stereocenters. The largest absolute Gasteiger partial charge is 0.370 e. The molecule has 0 aliphatic heterocycles. The van der Waals surface area contributed by atoms with Crippen LogP contribution in [0.1, 0.15) is 50.0 Å². The molecule has 1 heterocycles. The van der Waals surface area contributed by atoms with E-state index < -0.39 is 0 Å². The molecule has 6 nitrogen and oxygen atoms in total. The van der Waals surface area contributed by atoms with Crippen LogP contribution in [0.5, 0.6) is 0 Å². The Kier molecular flexibility index (Phi) is 8.95. The number of hydrogen-bond donors (Lipinski definition) is 2. The number of benzene rings is 1. The molecule has 1 atom stereocenters. The lowest BCUT2D eigenvalue weighted by atomic mass is 10.1. The van der Waals surface area contributed by atoms with E-state index in [1.54, 1.807) is 12.1 Å². The highest BCUT2D eigenvalue weighted by Gasteiger charge is 2.11. The molecule has 0 aliphatic rings. The first-order chi connectivity index (χ1) is 11.4. The second-order valence-electron chi connectivity index (χ2n) is 5.75. The van der Waals surface area contributed by atoms with E-state index in [-0.39, 0.29) is 35.9 Å². The van der Waals surface area contributed by atoms with E-state index >= 15 is 0 Å². The molecule has 9 heteroatoms. The summed E-state index contributed by atoms with van der Waals surface area (Å²) in [5.41, 5.74) is 6.81. The molecule has 0 radical (unpaired) electrons.